The molecule has 1 aromatic carbocycles. The van der Waals surface area contributed by atoms with Crippen molar-refractivity contribution in [3.63, 3.8) is 0 Å². The molecule has 6 nitrogen and oxygen atoms in total. The minimum absolute atomic E-state index is 0.0997. The second kappa shape index (κ2) is 5.66. The van der Waals surface area contributed by atoms with Crippen molar-refractivity contribution in [2.75, 3.05) is 12.4 Å². The summed E-state index contributed by atoms with van der Waals surface area (Å²) in [5.74, 6) is 0.0281. The van der Waals surface area contributed by atoms with Crippen LogP contribution >= 0.6 is 15.9 Å². The van der Waals surface area contributed by atoms with Crippen LogP contribution in [0.3, 0.4) is 0 Å². The maximum Gasteiger partial charge on any atom is 0.356 e. The molecule has 0 saturated carbocycles. The van der Waals surface area contributed by atoms with Gasteiger partial charge in [-0.1, -0.05) is 15.9 Å². The quantitative estimate of drug-likeness (QED) is 0.899. The number of hydrogen-bond donors (Lipinski definition) is 2. The Labute approximate surface area is 117 Å². The molecule has 0 spiro atoms. The van der Waals surface area contributed by atoms with Gasteiger partial charge in [-0.3, -0.25) is 0 Å². The third-order valence-electron chi connectivity index (χ3n) is 2.25. The smallest absolute Gasteiger partial charge is 0.356 e. The molecule has 1 aromatic heterocycles. The van der Waals surface area contributed by atoms with Crippen molar-refractivity contribution in [2.45, 2.75) is 0 Å². The first-order chi connectivity index (χ1) is 9.08. The highest BCUT2D eigenvalue weighted by Crippen LogP contribution is 2.26. The number of hydrogen-bond acceptors (Lipinski definition) is 5. The molecule has 0 bridgehead atoms. The second-order valence-corrected chi connectivity index (χ2v) is 4.51. The molecule has 7 heteroatoms. The van der Waals surface area contributed by atoms with E-state index in [-0.39, 0.29) is 5.69 Å². The summed E-state index contributed by atoms with van der Waals surface area (Å²) in [4.78, 5) is 18.4. The monoisotopic (exact) mass is 323 g/mol. The van der Waals surface area contributed by atoms with Crippen LogP contribution in [0.4, 0.5) is 11.5 Å². The van der Waals surface area contributed by atoms with E-state index in [4.69, 9.17) is 9.84 Å². The Morgan fingerprint density at radius 2 is 2.11 bits per heavy atom. The number of halogens is 1. The van der Waals surface area contributed by atoms with Gasteiger partial charge in [0.1, 0.15) is 11.6 Å². The molecule has 19 heavy (non-hydrogen) atoms. The van der Waals surface area contributed by atoms with E-state index in [0.717, 1.165) is 10.2 Å². The van der Waals surface area contributed by atoms with Crippen molar-refractivity contribution in [3.8, 4) is 5.75 Å². The fourth-order valence-electron chi connectivity index (χ4n) is 1.40. The molecule has 2 N–H and O–H groups in total. The summed E-state index contributed by atoms with van der Waals surface area (Å²) in [7, 11) is 1.58. The Balaban J connectivity index is 2.21. The van der Waals surface area contributed by atoms with Crippen LogP contribution in [0, 0.1) is 0 Å². The normalized spacial score (nSPS) is 10.0. The van der Waals surface area contributed by atoms with Crippen LogP contribution in [-0.2, 0) is 0 Å². The van der Waals surface area contributed by atoms with Gasteiger partial charge in [0.25, 0.3) is 0 Å². The fourth-order valence-corrected chi connectivity index (χ4v) is 1.88. The number of anilines is 2. The minimum Gasteiger partial charge on any atom is -0.497 e. The van der Waals surface area contributed by atoms with Gasteiger partial charge in [-0.2, -0.15) is 0 Å². The lowest BCUT2D eigenvalue weighted by molar-refractivity contribution is 0.0690. The van der Waals surface area contributed by atoms with Gasteiger partial charge in [-0.25, -0.2) is 14.8 Å². The number of benzene rings is 1. The molecule has 0 aliphatic heterocycles. The predicted molar refractivity (Wildman–Crippen MR) is 73.0 cm³/mol. The number of carboxylic acid groups (broad SMARTS) is 1. The SMILES string of the molecule is COc1cc(Br)cc(Nc2cnc(C(=O)O)cn2)c1. The lowest BCUT2D eigenvalue weighted by Gasteiger charge is -2.08. The number of aromatic carboxylic acids is 1. The van der Waals surface area contributed by atoms with Crippen LogP contribution < -0.4 is 10.1 Å². The highest BCUT2D eigenvalue weighted by Gasteiger charge is 2.05. The Bertz CT molecular complexity index is 602. The maximum atomic E-state index is 10.7. The topological polar surface area (TPSA) is 84.3 Å². The average molecular weight is 324 g/mol. The number of carbonyl (C=O) groups is 1. The number of methoxy groups -OCH3 is 1. The molecule has 1 heterocycles. The van der Waals surface area contributed by atoms with Gasteiger partial charge >= 0.3 is 5.97 Å². The number of nitrogens with zero attached hydrogens (tertiary/aromatic N) is 2. The number of aromatic nitrogens is 2. The fraction of sp³-hybridized carbons (Fsp3) is 0.0833. The third kappa shape index (κ3) is 3.41. The van der Waals surface area contributed by atoms with E-state index in [1.807, 2.05) is 12.1 Å². The van der Waals surface area contributed by atoms with Crippen LogP contribution in [0.5, 0.6) is 5.75 Å². The van der Waals surface area contributed by atoms with E-state index in [1.54, 1.807) is 13.2 Å². The summed E-state index contributed by atoms with van der Waals surface area (Å²) in [6.07, 6.45) is 2.55. The predicted octanol–water partition coefficient (Wildman–Crippen LogP) is 2.69. The zero-order valence-electron chi connectivity index (χ0n) is 9.92. The van der Waals surface area contributed by atoms with Gasteiger partial charge in [-0.15, -0.1) is 0 Å². The molecule has 2 rings (SSSR count). The molecule has 98 valence electrons. The second-order valence-electron chi connectivity index (χ2n) is 3.60. The molecule has 0 fully saturated rings. The molecule has 0 saturated heterocycles. The molecule has 0 aliphatic carbocycles. The summed E-state index contributed by atoms with van der Waals surface area (Å²) in [6, 6.07) is 5.46. The van der Waals surface area contributed by atoms with Gasteiger partial charge in [0.15, 0.2) is 5.69 Å². The molecule has 0 atom stereocenters. The van der Waals surface area contributed by atoms with Gasteiger partial charge in [0, 0.05) is 16.2 Å². The highest BCUT2D eigenvalue weighted by molar-refractivity contribution is 9.10. The molecular formula is C12H10BrN3O3. The van der Waals surface area contributed by atoms with E-state index in [0.29, 0.717) is 11.6 Å². The van der Waals surface area contributed by atoms with Crippen molar-refractivity contribution in [1.29, 1.82) is 0 Å². The minimum atomic E-state index is -1.11. The molecule has 0 aliphatic rings. The van der Waals surface area contributed by atoms with Crippen molar-refractivity contribution in [1.82, 2.24) is 9.97 Å². The summed E-state index contributed by atoms with van der Waals surface area (Å²) >= 11 is 3.36. The summed E-state index contributed by atoms with van der Waals surface area (Å²) < 4.78 is 5.99. The summed E-state index contributed by atoms with van der Waals surface area (Å²) in [5, 5.41) is 11.7. The Kier molecular flexibility index (Phi) is 3.96. The molecule has 0 radical (unpaired) electrons. The van der Waals surface area contributed by atoms with Crippen LogP contribution in [-0.4, -0.2) is 28.2 Å². The number of nitrogens with one attached hydrogen (secondary N) is 1. The first kappa shape index (κ1) is 13.3. The van der Waals surface area contributed by atoms with E-state index >= 15 is 0 Å². The molecule has 0 amide bonds. The number of carboxylic acids is 1. The van der Waals surface area contributed by atoms with Crippen molar-refractivity contribution >= 4 is 33.4 Å². The van der Waals surface area contributed by atoms with Crippen molar-refractivity contribution in [3.05, 3.63) is 40.8 Å². The zero-order chi connectivity index (χ0) is 13.8. The van der Waals surface area contributed by atoms with Crippen molar-refractivity contribution < 1.29 is 14.6 Å². The van der Waals surface area contributed by atoms with Crippen LogP contribution in [0.25, 0.3) is 0 Å². The standard InChI is InChI=1S/C12H10BrN3O3/c1-19-9-3-7(13)2-8(4-9)16-11-6-14-10(5-15-11)12(17)18/h2-6H,1H3,(H,15,16)(H,17,18). The Morgan fingerprint density at radius 3 is 2.68 bits per heavy atom. The van der Waals surface area contributed by atoms with Gasteiger partial charge in [-0.05, 0) is 12.1 Å². The molecule has 2 aromatic rings. The highest BCUT2D eigenvalue weighted by atomic mass is 79.9. The number of ether oxygens (including phenoxy) is 1. The van der Waals surface area contributed by atoms with E-state index < -0.39 is 5.97 Å². The Hall–Kier alpha value is -2.15. The largest absolute Gasteiger partial charge is 0.497 e. The molecule has 0 unspecified atom stereocenters. The van der Waals surface area contributed by atoms with Gasteiger partial charge < -0.3 is 15.2 Å². The van der Waals surface area contributed by atoms with E-state index in [2.05, 4.69) is 31.2 Å². The summed E-state index contributed by atoms with van der Waals surface area (Å²) in [5.41, 5.74) is 0.654. The third-order valence-corrected chi connectivity index (χ3v) is 2.71. The lowest BCUT2D eigenvalue weighted by Crippen LogP contribution is -2.02. The lowest BCUT2D eigenvalue weighted by atomic mass is 10.3. The first-order valence-corrected chi connectivity index (χ1v) is 6.05. The van der Waals surface area contributed by atoms with Crippen molar-refractivity contribution in [2.24, 2.45) is 0 Å². The van der Waals surface area contributed by atoms with Crippen LogP contribution in [0.2, 0.25) is 0 Å². The number of rotatable bonds is 4. The maximum absolute atomic E-state index is 10.7. The first-order valence-electron chi connectivity index (χ1n) is 5.25. The summed E-state index contributed by atoms with van der Waals surface area (Å²) in [6.45, 7) is 0. The van der Waals surface area contributed by atoms with Gasteiger partial charge in [0.2, 0.25) is 0 Å². The average Bonchev–Trinajstić information content (AvgIpc) is 2.38. The van der Waals surface area contributed by atoms with E-state index in [1.165, 1.54) is 12.4 Å². The van der Waals surface area contributed by atoms with Crippen LogP contribution in [0.15, 0.2) is 35.1 Å². The van der Waals surface area contributed by atoms with E-state index in [9.17, 15) is 4.79 Å². The zero-order valence-corrected chi connectivity index (χ0v) is 11.5. The Morgan fingerprint density at radius 1 is 1.32 bits per heavy atom. The van der Waals surface area contributed by atoms with Gasteiger partial charge in [0.05, 0.1) is 19.5 Å². The van der Waals surface area contributed by atoms with Crippen LogP contribution in [0.1, 0.15) is 10.5 Å². The molecular weight excluding hydrogens is 314 g/mol.